The van der Waals surface area contributed by atoms with Crippen LogP contribution in [0.5, 0.6) is 0 Å². The number of hydrogen-bond donors (Lipinski definition) is 5. The van der Waals surface area contributed by atoms with Crippen LogP contribution in [0.25, 0.3) is 0 Å². The largest absolute Gasteiger partial charge is 0.481 e. The topological polar surface area (TPSA) is 175 Å². The van der Waals surface area contributed by atoms with Gasteiger partial charge < -0.3 is 25.2 Å². The van der Waals surface area contributed by atoms with E-state index in [0.717, 1.165) is 11.8 Å². The highest BCUT2D eigenvalue weighted by atomic mass is 32.2. The van der Waals surface area contributed by atoms with Gasteiger partial charge in [0, 0.05) is 12.2 Å². The van der Waals surface area contributed by atoms with Gasteiger partial charge in [0.15, 0.2) is 11.3 Å². The molecule has 1 aliphatic heterocycles. The molecule has 0 radical (unpaired) electrons. The van der Waals surface area contributed by atoms with Crippen molar-refractivity contribution in [3.05, 3.63) is 20.8 Å². The van der Waals surface area contributed by atoms with Crippen LogP contribution in [0.2, 0.25) is 0 Å². The summed E-state index contributed by atoms with van der Waals surface area (Å²) in [5.41, 5.74) is -1.69. The fourth-order valence-electron chi connectivity index (χ4n) is 2.14. The number of aliphatic carboxylic acids is 1. The summed E-state index contributed by atoms with van der Waals surface area (Å²) >= 11 is 0.952. The first-order chi connectivity index (χ1) is 11.3. The van der Waals surface area contributed by atoms with E-state index >= 15 is 0 Å². The second-order valence-electron chi connectivity index (χ2n) is 5.08. The zero-order valence-electron chi connectivity index (χ0n) is 12.4. The Morgan fingerprint density at radius 2 is 2.04 bits per heavy atom. The average molecular weight is 363 g/mol. The lowest BCUT2D eigenvalue weighted by molar-refractivity contribution is -0.137. The van der Waals surface area contributed by atoms with Gasteiger partial charge in [-0.15, -0.1) is 0 Å². The number of aliphatic hydroxyl groups is 3. The fraction of sp³-hybridized carbons (Fsp3) is 0.667. The molecule has 12 heteroatoms. The van der Waals surface area contributed by atoms with Gasteiger partial charge in [-0.2, -0.15) is 9.78 Å². The Hall–Kier alpha value is -1.73. The van der Waals surface area contributed by atoms with Crippen molar-refractivity contribution < 1.29 is 30.0 Å². The van der Waals surface area contributed by atoms with Crippen molar-refractivity contribution >= 4 is 17.7 Å². The molecular weight excluding hydrogens is 346 g/mol. The first kappa shape index (κ1) is 18.6. The number of nitrogens with one attached hydrogen (secondary N) is 1. The van der Waals surface area contributed by atoms with E-state index in [-0.39, 0.29) is 17.2 Å². The number of hydrogen-bond acceptors (Lipinski definition) is 9. The first-order valence-corrected chi connectivity index (χ1v) is 8.04. The molecule has 4 atom stereocenters. The van der Waals surface area contributed by atoms with E-state index < -0.39 is 48.4 Å². The van der Waals surface area contributed by atoms with Gasteiger partial charge in [0.25, 0.3) is 5.56 Å². The number of nitrogens with zero attached hydrogens (tertiary/aromatic N) is 2. The summed E-state index contributed by atoms with van der Waals surface area (Å²) in [6.07, 6.45) is -5.14. The summed E-state index contributed by atoms with van der Waals surface area (Å²) in [6.45, 7) is -0.566. The Bertz CT molecular complexity index is 704. The minimum Gasteiger partial charge on any atom is -0.481 e. The molecule has 0 amide bonds. The lowest BCUT2D eigenvalue weighted by Gasteiger charge is -2.16. The monoisotopic (exact) mass is 363 g/mol. The molecule has 1 saturated heterocycles. The minimum atomic E-state index is -1.51. The van der Waals surface area contributed by atoms with Crippen LogP contribution in [0.4, 0.5) is 0 Å². The molecule has 134 valence electrons. The number of aromatic nitrogens is 3. The van der Waals surface area contributed by atoms with E-state index in [9.17, 15) is 24.6 Å². The van der Waals surface area contributed by atoms with Gasteiger partial charge in [-0.25, -0.2) is 4.79 Å². The molecule has 0 aliphatic carbocycles. The van der Waals surface area contributed by atoms with Crippen LogP contribution in [0.3, 0.4) is 0 Å². The van der Waals surface area contributed by atoms with Crippen molar-refractivity contribution in [2.24, 2.45) is 0 Å². The number of thioether (sulfide) groups is 1. The summed E-state index contributed by atoms with van der Waals surface area (Å²) < 4.78 is 5.88. The van der Waals surface area contributed by atoms with Gasteiger partial charge in [-0.3, -0.25) is 14.6 Å². The SMILES string of the molecule is O=C(O)CCCSc1nn(C2OC(CO)C(O)C2O)c(=O)[nH]c1=O. The number of ether oxygens (including phenoxy) is 1. The van der Waals surface area contributed by atoms with Crippen molar-refractivity contribution in [2.75, 3.05) is 12.4 Å². The average Bonchev–Trinajstić information content (AvgIpc) is 2.81. The van der Waals surface area contributed by atoms with Crippen LogP contribution >= 0.6 is 11.8 Å². The van der Waals surface area contributed by atoms with Crippen molar-refractivity contribution in [1.82, 2.24) is 14.8 Å². The van der Waals surface area contributed by atoms with Crippen LogP contribution in [-0.2, 0) is 9.53 Å². The van der Waals surface area contributed by atoms with E-state index in [0.29, 0.717) is 11.1 Å². The van der Waals surface area contributed by atoms with Crippen molar-refractivity contribution in [2.45, 2.75) is 42.4 Å². The highest BCUT2D eigenvalue weighted by Gasteiger charge is 2.44. The number of carboxylic acid groups (broad SMARTS) is 1. The Balaban J connectivity index is 2.19. The Labute approximate surface area is 138 Å². The Kier molecular flexibility index (Phi) is 6.12. The molecule has 24 heavy (non-hydrogen) atoms. The maximum absolute atomic E-state index is 11.9. The molecule has 2 rings (SSSR count). The van der Waals surface area contributed by atoms with Gasteiger partial charge >= 0.3 is 11.7 Å². The molecule has 5 N–H and O–H groups in total. The van der Waals surface area contributed by atoms with Gasteiger partial charge in [0.05, 0.1) is 6.61 Å². The lowest BCUT2D eigenvalue weighted by Crippen LogP contribution is -2.40. The third-order valence-electron chi connectivity index (χ3n) is 3.35. The summed E-state index contributed by atoms with van der Waals surface area (Å²) in [7, 11) is 0. The molecule has 1 aromatic heterocycles. The predicted molar refractivity (Wildman–Crippen MR) is 79.7 cm³/mol. The summed E-state index contributed by atoms with van der Waals surface area (Å²) in [6, 6.07) is 0. The molecule has 0 bridgehead atoms. The number of carboxylic acids is 1. The molecule has 1 aliphatic rings. The molecule has 0 aromatic carbocycles. The number of carbonyl (C=O) groups is 1. The molecule has 1 aromatic rings. The van der Waals surface area contributed by atoms with Crippen LogP contribution in [-0.4, -0.2) is 71.8 Å². The van der Waals surface area contributed by atoms with Crippen molar-refractivity contribution in [3.8, 4) is 0 Å². The Morgan fingerprint density at radius 3 is 2.62 bits per heavy atom. The number of rotatable bonds is 7. The van der Waals surface area contributed by atoms with Crippen LogP contribution in [0.15, 0.2) is 14.6 Å². The zero-order valence-corrected chi connectivity index (χ0v) is 13.2. The highest BCUT2D eigenvalue weighted by Crippen LogP contribution is 2.27. The smallest absolute Gasteiger partial charge is 0.347 e. The third kappa shape index (κ3) is 4.02. The second-order valence-corrected chi connectivity index (χ2v) is 6.17. The first-order valence-electron chi connectivity index (χ1n) is 7.05. The number of aliphatic hydroxyl groups excluding tert-OH is 3. The molecular formula is C12H17N3O8S. The molecule has 1 fully saturated rings. The van der Waals surface area contributed by atoms with Gasteiger partial charge in [0.2, 0.25) is 0 Å². The second kappa shape index (κ2) is 7.90. The van der Waals surface area contributed by atoms with Gasteiger partial charge in [0.1, 0.15) is 18.3 Å². The molecule has 0 saturated carbocycles. The van der Waals surface area contributed by atoms with E-state index in [4.69, 9.17) is 14.9 Å². The molecule has 4 unspecified atom stereocenters. The van der Waals surface area contributed by atoms with E-state index in [1.54, 1.807) is 0 Å². The third-order valence-corrected chi connectivity index (χ3v) is 4.39. The van der Waals surface area contributed by atoms with Gasteiger partial charge in [-0.1, -0.05) is 11.8 Å². The number of H-pyrrole nitrogens is 1. The normalized spacial score (nSPS) is 26.6. The van der Waals surface area contributed by atoms with Gasteiger partial charge in [-0.05, 0) is 6.42 Å². The molecule has 0 spiro atoms. The van der Waals surface area contributed by atoms with Crippen LogP contribution in [0, 0.1) is 0 Å². The van der Waals surface area contributed by atoms with Crippen LogP contribution < -0.4 is 11.2 Å². The highest BCUT2D eigenvalue weighted by molar-refractivity contribution is 7.99. The summed E-state index contributed by atoms with van der Waals surface area (Å²) in [5, 5.41) is 41.0. The summed E-state index contributed by atoms with van der Waals surface area (Å²) in [4.78, 5) is 36.1. The molecule has 2 heterocycles. The molecule has 11 nitrogen and oxygen atoms in total. The van der Waals surface area contributed by atoms with E-state index in [1.807, 2.05) is 4.98 Å². The van der Waals surface area contributed by atoms with Crippen molar-refractivity contribution in [1.29, 1.82) is 0 Å². The van der Waals surface area contributed by atoms with E-state index in [1.165, 1.54) is 0 Å². The maximum Gasteiger partial charge on any atom is 0.347 e. The maximum atomic E-state index is 11.9. The predicted octanol–water partition coefficient (Wildman–Crippen LogP) is -2.50. The van der Waals surface area contributed by atoms with Crippen LogP contribution in [0.1, 0.15) is 19.1 Å². The summed E-state index contributed by atoms with van der Waals surface area (Å²) in [5.74, 6) is -0.676. The Morgan fingerprint density at radius 1 is 1.33 bits per heavy atom. The van der Waals surface area contributed by atoms with Crippen molar-refractivity contribution in [3.63, 3.8) is 0 Å². The standard InChI is InChI=1S/C12H17N3O8S/c16-4-5-7(19)8(20)11(23-5)15-12(22)13-9(21)10(14-15)24-3-1-2-6(17)18/h5,7-8,11,16,19-20H,1-4H2,(H,17,18)(H,13,21,22). The quantitative estimate of drug-likeness (QED) is 0.257. The lowest BCUT2D eigenvalue weighted by atomic mass is 10.1. The van der Waals surface area contributed by atoms with E-state index in [2.05, 4.69) is 5.10 Å². The fourth-order valence-corrected chi connectivity index (χ4v) is 2.95. The zero-order chi connectivity index (χ0) is 17.9. The minimum absolute atomic E-state index is 0.0701. The number of aromatic amines is 1.